The Morgan fingerprint density at radius 1 is 1.05 bits per heavy atom. The van der Waals surface area contributed by atoms with E-state index in [-0.39, 0.29) is 40.3 Å². The van der Waals surface area contributed by atoms with Crippen molar-refractivity contribution in [3.8, 4) is 0 Å². The molecule has 2 bridgehead atoms. The van der Waals surface area contributed by atoms with Crippen molar-refractivity contribution in [3.63, 3.8) is 0 Å². The number of hydrogen-bond acceptors (Lipinski definition) is 7. The fourth-order valence-corrected chi connectivity index (χ4v) is 6.26. The highest BCUT2D eigenvalue weighted by Crippen LogP contribution is 2.56. The molecule has 41 heavy (non-hydrogen) atoms. The molecule has 3 aliphatic carbocycles. The number of aryl methyl sites for hydroxylation is 1. The van der Waals surface area contributed by atoms with E-state index in [2.05, 4.69) is 26.0 Å². The first-order valence-corrected chi connectivity index (χ1v) is 13.6. The topological polar surface area (TPSA) is 153 Å². The summed E-state index contributed by atoms with van der Waals surface area (Å²) in [6.45, 7) is 0.508. The van der Waals surface area contributed by atoms with Crippen molar-refractivity contribution < 1.29 is 23.2 Å². The van der Waals surface area contributed by atoms with E-state index in [1.807, 2.05) is 0 Å². The molecule has 3 aliphatic rings. The van der Waals surface area contributed by atoms with E-state index in [1.165, 1.54) is 10.6 Å². The molecule has 3 N–H and O–H groups in total. The van der Waals surface area contributed by atoms with Crippen LogP contribution in [0.1, 0.15) is 65.1 Å². The van der Waals surface area contributed by atoms with Crippen molar-refractivity contribution in [2.45, 2.75) is 45.1 Å². The zero-order chi connectivity index (χ0) is 28.9. The van der Waals surface area contributed by atoms with Crippen molar-refractivity contribution in [3.05, 3.63) is 63.8 Å². The largest absolute Gasteiger partial charge is 0.419 e. The number of benzene rings is 1. The maximum atomic E-state index is 14.5. The van der Waals surface area contributed by atoms with Gasteiger partial charge in [-0.25, -0.2) is 18.7 Å². The maximum Gasteiger partial charge on any atom is 0.419 e. The zero-order valence-corrected chi connectivity index (χ0v) is 22.8. The minimum Gasteiger partial charge on any atom is -0.408 e. The van der Waals surface area contributed by atoms with Crippen LogP contribution in [0.4, 0.5) is 4.39 Å². The molecule has 12 nitrogen and oxygen atoms in total. The summed E-state index contributed by atoms with van der Waals surface area (Å²) in [5, 5.41) is 12.5. The number of nitrogens with one attached hydrogen (secondary N) is 3. The first-order valence-electron chi connectivity index (χ1n) is 13.6. The lowest BCUT2D eigenvalue weighted by atomic mass is 9.53. The Morgan fingerprint density at radius 2 is 1.78 bits per heavy atom. The molecule has 3 aromatic heterocycles. The van der Waals surface area contributed by atoms with Gasteiger partial charge in [0.2, 0.25) is 5.91 Å². The average Bonchev–Trinajstić information content (AvgIpc) is 3.52. The lowest BCUT2D eigenvalue weighted by Gasteiger charge is -2.52. The van der Waals surface area contributed by atoms with Crippen LogP contribution in [0.5, 0.6) is 0 Å². The third-order valence-corrected chi connectivity index (χ3v) is 8.94. The van der Waals surface area contributed by atoms with Gasteiger partial charge in [-0.05, 0) is 61.6 Å². The third kappa shape index (κ3) is 4.54. The number of oxazole rings is 1. The van der Waals surface area contributed by atoms with Gasteiger partial charge in [0.1, 0.15) is 11.4 Å². The van der Waals surface area contributed by atoms with E-state index >= 15 is 0 Å². The molecule has 7 rings (SSSR count). The quantitative estimate of drug-likeness (QED) is 0.311. The van der Waals surface area contributed by atoms with Crippen molar-refractivity contribution >= 4 is 34.5 Å². The van der Waals surface area contributed by atoms with Crippen molar-refractivity contribution in [2.75, 3.05) is 13.6 Å². The third-order valence-electron chi connectivity index (χ3n) is 8.94. The smallest absolute Gasteiger partial charge is 0.408 e. The van der Waals surface area contributed by atoms with Gasteiger partial charge in [0.15, 0.2) is 17.0 Å². The van der Waals surface area contributed by atoms with Crippen molar-refractivity contribution in [1.29, 1.82) is 0 Å². The zero-order valence-electron chi connectivity index (χ0n) is 22.8. The standard InChI is InChI=1S/C28H30FN7O5/c1-30-25(39)28-8-5-27(6-9-28,7-10-28)15-32-24(38)20-12-18(34-22-17(29)14-33-36(20)22)23(37)31-13-16-3-4-21-19(11-16)35(2)26(40)41-21/h3-4,11-12,14H,5-10,13,15H2,1-2H3,(H,30,39)(H,31,37)(H,32,38). The van der Waals surface area contributed by atoms with Gasteiger partial charge in [-0.1, -0.05) is 6.07 Å². The van der Waals surface area contributed by atoms with Crippen LogP contribution in [0.2, 0.25) is 0 Å². The Morgan fingerprint density at radius 3 is 2.49 bits per heavy atom. The molecule has 3 fully saturated rings. The number of carbonyl (C=O) groups is 3. The van der Waals surface area contributed by atoms with E-state index in [0.29, 0.717) is 23.2 Å². The van der Waals surface area contributed by atoms with Gasteiger partial charge in [-0.3, -0.25) is 19.0 Å². The highest BCUT2D eigenvalue weighted by atomic mass is 19.1. The minimum absolute atomic E-state index is 0.0124. The number of aromatic nitrogens is 4. The summed E-state index contributed by atoms with van der Waals surface area (Å²) < 4.78 is 22.1. The van der Waals surface area contributed by atoms with Gasteiger partial charge in [-0.2, -0.15) is 5.10 Å². The van der Waals surface area contributed by atoms with Gasteiger partial charge >= 0.3 is 5.76 Å². The molecule has 3 heterocycles. The Balaban J connectivity index is 1.18. The second-order valence-electron chi connectivity index (χ2n) is 11.2. The van der Waals surface area contributed by atoms with Gasteiger partial charge in [0.05, 0.1) is 11.7 Å². The summed E-state index contributed by atoms with van der Waals surface area (Å²) in [6, 6.07) is 6.38. The SMILES string of the molecule is CNC(=O)C12CCC(CNC(=O)c3cc(C(=O)NCc4ccc5oc(=O)n(C)c5c4)nc4c(F)cnn34)(CC1)CC2. The molecular weight excluding hydrogens is 533 g/mol. The molecule has 0 saturated heterocycles. The Bertz CT molecular complexity index is 1750. The minimum atomic E-state index is -0.760. The Kier molecular flexibility index (Phi) is 6.39. The van der Waals surface area contributed by atoms with Crippen LogP contribution in [0, 0.1) is 16.6 Å². The maximum absolute atomic E-state index is 14.5. The normalized spacial score (nSPS) is 21.7. The van der Waals surface area contributed by atoms with Crippen LogP contribution in [0.25, 0.3) is 16.7 Å². The van der Waals surface area contributed by atoms with Crippen LogP contribution in [0.15, 0.2) is 39.7 Å². The lowest BCUT2D eigenvalue weighted by Crippen LogP contribution is -2.52. The number of halogens is 1. The van der Waals surface area contributed by atoms with Crippen LogP contribution in [0.3, 0.4) is 0 Å². The molecule has 0 atom stereocenters. The Labute approximate surface area is 233 Å². The second kappa shape index (κ2) is 9.82. The predicted molar refractivity (Wildman–Crippen MR) is 145 cm³/mol. The molecule has 0 radical (unpaired) electrons. The summed E-state index contributed by atoms with van der Waals surface area (Å²) in [5.74, 6) is -2.26. The average molecular weight is 564 g/mol. The summed E-state index contributed by atoms with van der Waals surface area (Å²) in [7, 11) is 3.25. The molecule has 3 saturated carbocycles. The van der Waals surface area contributed by atoms with Crippen LogP contribution >= 0.6 is 0 Å². The highest BCUT2D eigenvalue weighted by molar-refractivity contribution is 5.98. The molecular formula is C28H30FN7O5. The molecule has 0 unspecified atom stereocenters. The predicted octanol–water partition coefficient (Wildman–Crippen LogP) is 2.06. The highest BCUT2D eigenvalue weighted by Gasteiger charge is 2.52. The Hall–Kier alpha value is -4.55. The van der Waals surface area contributed by atoms with E-state index in [0.717, 1.165) is 49.2 Å². The number of rotatable bonds is 7. The van der Waals surface area contributed by atoms with E-state index < -0.39 is 23.4 Å². The van der Waals surface area contributed by atoms with Crippen LogP contribution in [-0.4, -0.2) is 50.5 Å². The van der Waals surface area contributed by atoms with Gasteiger partial charge < -0.3 is 20.4 Å². The number of fused-ring (bicyclic) bond motifs is 5. The fourth-order valence-electron chi connectivity index (χ4n) is 6.26. The summed E-state index contributed by atoms with van der Waals surface area (Å²) in [4.78, 5) is 54.7. The van der Waals surface area contributed by atoms with Crippen LogP contribution < -0.4 is 21.7 Å². The number of nitrogens with zero attached hydrogens (tertiary/aromatic N) is 4. The molecule has 13 heteroatoms. The first-order chi connectivity index (χ1) is 19.6. The summed E-state index contributed by atoms with van der Waals surface area (Å²) >= 11 is 0. The fraction of sp³-hybridized carbons (Fsp3) is 0.429. The van der Waals surface area contributed by atoms with Gasteiger partial charge in [0, 0.05) is 38.7 Å². The van der Waals surface area contributed by atoms with Gasteiger partial charge in [-0.15, -0.1) is 0 Å². The van der Waals surface area contributed by atoms with E-state index in [4.69, 9.17) is 4.42 Å². The van der Waals surface area contributed by atoms with Crippen molar-refractivity contribution in [2.24, 2.45) is 17.9 Å². The lowest BCUT2D eigenvalue weighted by molar-refractivity contribution is -0.139. The van der Waals surface area contributed by atoms with E-state index in [1.54, 1.807) is 32.3 Å². The molecule has 0 spiro atoms. The van der Waals surface area contributed by atoms with Crippen molar-refractivity contribution in [1.82, 2.24) is 35.1 Å². The number of carbonyl (C=O) groups excluding carboxylic acids is 3. The first kappa shape index (κ1) is 26.7. The molecule has 4 aromatic rings. The number of hydrogen-bond donors (Lipinski definition) is 3. The molecule has 1 aromatic carbocycles. The molecule has 214 valence electrons. The number of amides is 3. The molecule has 3 amide bonds. The second-order valence-corrected chi connectivity index (χ2v) is 11.2. The summed E-state index contributed by atoms with van der Waals surface area (Å²) in [5.41, 5.74) is 0.914. The van der Waals surface area contributed by atoms with E-state index in [9.17, 15) is 23.6 Å². The van der Waals surface area contributed by atoms with Crippen LogP contribution in [-0.2, 0) is 18.4 Å². The summed E-state index contributed by atoms with van der Waals surface area (Å²) in [6.07, 6.45) is 5.77. The monoisotopic (exact) mass is 563 g/mol. The van der Waals surface area contributed by atoms with Gasteiger partial charge in [0.25, 0.3) is 11.8 Å². The molecule has 0 aliphatic heterocycles.